The Kier molecular flexibility index (Phi) is 13.8. The van der Waals surface area contributed by atoms with Crippen LogP contribution in [-0.4, -0.2) is 67.4 Å². The molecule has 0 aromatic heterocycles. The van der Waals surface area contributed by atoms with Crippen LogP contribution in [0.2, 0.25) is 0 Å². The molecular formula is C44H40N6O9. The maximum absolute atomic E-state index is 12.6. The minimum Gasteiger partial charge on any atom is -0.494 e. The quantitative estimate of drug-likeness (QED) is 0.0366. The van der Waals surface area contributed by atoms with Gasteiger partial charge in [0, 0.05) is 38.7 Å². The number of fused-ring (bicyclic) bond motifs is 2. The van der Waals surface area contributed by atoms with E-state index >= 15 is 0 Å². The number of carbonyl (C=O) groups excluding carboxylic acids is 2. The standard InChI is InChI=1S/C44H40N6O9/c1-3-55-41-18-11-29-10-17-36(56-23-34(51)25-58-43(53)30-6-13-32(14-7-30)47-49-45)21-38(29)40(41)22-39-37-20-27(2)4-5-28(37)12-19-42(39)57-24-35(52)26-59-44(54)31-8-15-33(16-9-31)48-50-46/h4-21,34-35,51-52H,3,22-26H2,1-2H3. The van der Waals surface area contributed by atoms with Crippen molar-refractivity contribution in [3.63, 3.8) is 0 Å². The van der Waals surface area contributed by atoms with Gasteiger partial charge in [-0.2, -0.15) is 0 Å². The Bertz CT molecular complexity index is 2550. The second-order valence-corrected chi connectivity index (χ2v) is 13.4. The van der Waals surface area contributed by atoms with Crippen LogP contribution in [0, 0.1) is 6.92 Å². The molecule has 2 N–H and O–H groups in total. The number of azide groups is 2. The first kappa shape index (κ1) is 41.4. The first-order valence-corrected chi connectivity index (χ1v) is 18.6. The van der Waals surface area contributed by atoms with Gasteiger partial charge in [0.2, 0.25) is 0 Å². The zero-order chi connectivity index (χ0) is 41.7. The van der Waals surface area contributed by atoms with E-state index in [1.54, 1.807) is 6.07 Å². The third-order valence-electron chi connectivity index (χ3n) is 9.17. The van der Waals surface area contributed by atoms with Crippen LogP contribution in [0.4, 0.5) is 11.4 Å². The molecule has 6 aromatic rings. The normalized spacial score (nSPS) is 11.8. The lowest BCUT2D eigenvalue weighted by Crippen LogP contribution is -2.25. The van der Waals surface area contributed by atoms with Crippen LogP contribution in [-0.2, 0) is 15.9 Å². The van der Waals surface area contributed by atoms with Crippen molar-refractivity contribution in [3.05, 3.63) is 158 Å². The van der Waals surface area contributed by atoms with Crippen LogP contribution < -0.4 is 14.2 Å². The van der Waals surface area contributed by atoms with Crippen molar-refractivity contribution in [2.24, 2.45) is 10.2 Å². The summed E-state index contributed by atoms with van der Waals surface area (Å²) in [5.74, 6) is 0.365. The van der Waals surface area contributed by atoms with Crippen molar-refractivity contribution in [2.45, 2.75) is 32.5 Å². The van der Waals surface area contributed by atoms with Gasteiger partial charge in [0.1, 0.15) is 55.9 Å². The highest BCUT2D eigenvalue weighted by Gasteiger charge is 2.19. The molecule has 0 fully saturated rings. The van der Waals surface area contributed by atoms with Gasteiger partial charge >= 0.3 is 11.9 Å². The molecule has 0 bridgehead atoms. The van der Waals surface area contributed by atoms with Crippen molar-refractivity contribution in [1.82, 2.24) is 0 Å². The Labute approximate surface area is 338 Å². The number of carbonyl (C=O) groups is 2. The maximum Gasteiger partial charge on any atom is 0.338 e. The molecule has 0 aliphatic heterocycles. The van der Waals surface area contributed by atoms with Gasteiger partial charge in [-0.05, 0) is 95.0 Å². The summed E-state index contributed by atoms with van der Waals surface area (Å²) in [6.07, 6.45) is -1.90. The number of hydrogen-bond acceptors (Lipinski definition) is 11. The van der Waals surface area contributed by atoms with Crippen molar-refractivity contribution in [2.75, 3.05) is 33.0 Å². The second-order valence-electron chi connectivity index (χ2n) is 13.4. The monoisotopic (exact) mass is 796 g/mol. The summed E-state index contributed by atoms with van der Waals surface area (Å²) in [5.41, 5.74) is 21.1. The average molecular weight is 797 g/mol. The number of nitrogens with zero attached hydrogens (tertiary/aromatic N) is 6. The van der Waals surface area contributed by atoms with Crippen molar-refractivity contribution in [3.8, 4) is 17.2 Å². The molecule has 6 aromatic carbocycles. The third-order valence-corrected chi connectivity index (χ3v) is 9.17. The Morgan fingerprint density at radius 2 is 1.08 bits per heavy atom. The van der Waals surface area contributed by atoms with Crippen LogP contribution in [0.1, 0.15) is 44.3 Å². The molecule has 2 unspecified atom stereocenters. The Morgan fingerprint density at radius 1 is 0.610 bits per heavy atom. The average Bonchev–Trinajstić information content (AvgIpc) is 3.25. The predicted molar refractivity (Wildman–Crippen MR) is 221 cm³/mol. The van der Waals surface area contributed by atoms with E-state index in [2.05, 4.69) is 26.1 Å². The van der Waals surface area contributed by atoms with Gasteiger partial charge in [0.25, 0.3) is 0 Å². The molecule has 15 heteroatoms. The van der Waals surface area contributed by atoms with Crippen LogP contribution in [0.25, 0.3) is 42.4 Å². The number of rotatable bonds is 18. The van der Waals surface area contributed by atoms with Crippen LogP contribution in [0.3, 0.4) is 0 Å². The second kappa shape index (κ2) is 19.7. The van der Waals surface area contributed by atoms with Gasteiger partial charge in [0.05, 0.1) is 17.7 Å². The molecule has 300 valence electrons. The molecule has 0 aliphatic carbocycles. The van der Waals surface area contributed by atoms with Gasteiger partial charge in [-0.1, -0.05) is 76.5 Å². The molecule has 0 saturated carbocycles. The highest BCUT2D eigenvalue weighted by Crippen LogP contribution is 2.38. The van der Waals surface area contributed by atoms with E-state index in [1.165, 1.54) is 48.5 Å². The Balaban J connectivity index is 1.19. The summed E-state index contributed by atoms with van der Waals surface area (Å²) in [5, 5.41) is 32.1. The molecule has 2 atom stereocenters. The van der Waals surface area contributed by atoms with Gasteiger partial charge in [0.15, 0.2) is 0 Å². The fourth-order valence-electron chi connectivity index (χ4n) is 6.29. The van der Waals surface area contributed by atoms with Crippen LogP contribution in [0.15, 0.2) is 119 Å². The molecular weight excluding hydrogens is 757 g/mol. The summed E-state index contributed by atoms with van der Waals surface area (Å²) >= 11 is 0. The predicted octanol–water partition coefficient (Wildman–Crippen LogP) is 9.37. The molecule has 15 nitrogen and oxygen atoms in total. The molecule has 59 heavy (non-hydrogen) atoms. The molecule has 0 aliphatic rings. The Hall–Kier alpha value is -7.28. The van der Waals surface area contributed by atoms with Gasteiger partial charge in [-0.15, -0.1) is 0 Å². The summed E-state index contributed by atoms with van der Waals surface area (Å²) in [6.45, 7) is 3.38. The number of aliphatic hydroxyl groups is 2. The van der Waals surface area contributed by atoms with E-state index in [-0.39, 0.29) is 37.6 Å². The Morgan fingerprint density at radius 3 is 1.61 bits per heavy atom. The number of aryl methyl sites for hydroxylation is 1. The molecule has 0 radical (unpaired) electrons. The SMILES string of the molecule is CCOc1ccc2ccc(OCC(O)COC(=O)c3ccc(N=[N+]=[N-])cc3)cc2c1Cc1c(OCC(O)COC(=O)c2ccc(N=[N+]=[N-])cc2)ccc2ccc(C)cc12. The number of benzene rings is 6. The fourth-order valence-corrected chi connectivity index (χ4v) is 6.29. The van der Waals surface area contributed by atoms with Gasteiger partial charge in [-0.25, -0.2) is 9.59 Å². The van der Waals surface area contributed by atoms with E-state index in [4.69, 9.17) is 34.7 Å². The van der Waals surface area contributed by atoms with Gasteiger partial charge in [-0.3, -0.25) is 0 Å². The molecule has 0 spiro atoms. The third kappa shape index (κ3) is 10.8. The topological polar surface area (TPSA) is 218 Å². The number of hydrogen-bond donors (Lipinski definition) is 2. The summed E-state index contributed by atoms with van der Waals surface area (Å²) in [4.78, 5) is 30.5. The van der Waals surface area contributed by atoms with E-state index in [9.17, 15) is 19.8 Å². The summed E-state index contributed by atoms with van der Waals surface area (Å²) in [6, 6.07) is 31.2. The molecule has 0 heterocycles. The first-order valence-electron chi connectivity index (χ1n) is 18.6. The van der Waals surface area contributed by atoms with E-state index in [1.807, 2.05) is 62.4 Å². The smallest absolute Gasteiger partial charge is 0.338 e. The van der Waals surface area contributed by atoms with Gasteiger partial charge < -0.3 is 33.9 Å². The summed E-state index contributed by atoms with van der Waals surface area (Å²) in [7, 11) is 0. The zero-order valence-corrected chi connectivity index (χ0v) is 32.2. The lowest BCUT2D eigenvalue weighted by molar-refractivity contribution is 0.0127. The number of aliphatic hydroxyl groups excluding tert-OH is 2. The highest BCUT2D eigenvalue weighted by molar-refractivity contribution is 5.93. The molecule has 6 rings (SSSR count). The first-order chi connectivity index (χ1) is 28.6. The maximum atomic E-state index is 12.6. The van der Waals surface area contributed by atoms with E-state index in [0.717, 1.165) is 38.2 Å². The minimum atomic E-state index is -1.14. The lowest BCUT2D eigenvalue weighted by Gasteiger charge is -2.20. The van der Waals surface area contributed by atoms with Crippen molar-refractivity contribution < 1.29 is 43.5 Å². The summed E-state index contributed by atoms with van der Waals surface area (Å²) < 4.78 is 29.0. The lowest BCUT2D eigenvalue weighted by atomic mass is 9.92. The fraction of sp³-hybridized carbons (Fsp3) is 0.227. The van der Waals surface area contributed by atoms with E-state index < -0.39 is 24.1 Å². The zero-order valence-electron chi connectivity index (χ0n) is 32.2. The number of esters is 2. The molecule has 0 saturated heterocycles. The van der Waals surface area contributed by atoms with Crippen LogP contribution >= 0.6 is 0 Å². The van der Waals surface area contributed by atoms with Crippen molar-refractivity contribution in [1.29, 1.82) is 0 Å². The molecule has 0 amide bonds. The van der Waals surface area contributed by atoms with E-state index in [0.29, 0.717) is 41.7 Å². The van der Waals surface area contributed by atoms with Crippen molar-refractivity contribution >= 4 is 44.9 Å². The number of ether oxygens (including phenoxy) is 5. The highest BCUT2D eigenvalue weighted by atomic mass is 16.6. The minimum absolute atomic E-state index is 0.156. The largest absolute Gasteiger partial charge is 0.494 e. The van der Waals surface area contributed by atoms with Crippen LogP contribution in [0.5, 0.6) is 17.2 Å².